The molecule has 1 heterocycles. The monoisotopic (exact) mass is 257 g/mol. The Kier molecular flexibility index (Phi) is 3.94. The molecule has 0 aromatic carbocycles. The van der Waals surface area contributed by atoms with Crippen molar-refractivity contribution in [3.05, 3.63) is 46.2 Å². The van der Waals surface area contributed by atoms with Gasteiger partial charge >= 0.3 is 6.03 Å². The van der Waals surface area contributed by atoms with Crippen LogP contribution >= 0.6 is 11.3 Å². The molecular weight excluding hydrogens is 246 g/mol. The largest absolute Gasteiger partial charge is 0.350 e. The number of allylic oxidation sites excluding steroid dienone is 4. The SMILES string of the molecule is NC(=O)NN=Cc1ccc(C#CC2C=CC=C2)s1. The molecule has 1 aliphatic carbocycles. The normalized spacial score (nSPS) is 13.8. The van der Waals surface area contributed by atoms with E-state index in [9.17, 15) is 4.79 Å². The van der Waals surface area contributed by atoms with Crippen molar-refractivity contribution in [2.24, 2.45) is 16.8 Å². The van der Waals surface area contributed by atoms with Crippen LogP contribution in [0.25, 0.3) is 0 Å². The van der Waals surface area contributed by atoms with Crippen molar-refractivity contribution in [3.8, 4) is 11.8 Å². The zero-order chi connectivity index (χ0) is 12.8. The molecule has 0 saturated carbocycles. The topological polar surface area (TPSA) is 67.5 Å². The zero-order valence-electron chi connectivity index (χ0n) is 9.46. The highest BCUT2D eigenvalue weighted by atomic mass is 32.1. The molecule has 1 aromatic rings. The van der Waals surface area contributed by atoms with E-state index in [0.717, 1.165) is 9.75 Å². The number of rotatable bonds is 2. The van der Waals surface area contributed by atoms with Gasteiger partial charge in [0.1, 0.15) is 0 Å². The molecule has 5 heteroatoms. The van der Waals surface area contributed by atoms with Crippen LogP contribution in [0.4, 0.5) is 4.79 Å². The van der Waals surface area contributed by atoms with Crippen LogP contribution in [0.1, 0.15) is 9.75 Å². The number of urea groups is 1. The fourth-order valence-corrected chi connectivity index (χ4v) is 2.07. The lowest BCUT2D eigenvalue weighted by Crippen LogP contribution is -2.24. The summed E-state index contributed by atoms with van der Waals surface area (Å²) in [6, 6.07) is 3.13. The van der Waals surface area contributed by atoms with Crippen LogP contribution in [0.2, 0.25) is 0 Å². The molecule has 18 heavy (non-hydrogen) atoms. The lowest BCUT2D eigenvalue weighted by molar-refractivity contribution is 0.249. The molecule has 0 saturated heterocycles. The first-order chi connectivity index (χ1) is 8.74. The molecule has 0 spiro atoms. The van der Waals surface area contributed by atoms with Crippen LogP contribution in [-0.4, -0.2) is 12.2 Å². The standard InChI is InChI=1S/C13H11N3OS/c14-13(17)16-15-9-12-8-7-11(18-12)6-5-10-3-1-2-4-10/h1-4,7-10H,(H3,14,16,17). The summed E-state index contributed by atoms with van der Waals surface area (Å²) in [7, 11) is 0. The number of thiophene rings is 1. The molecule has 2 amide bonds. The average Bonchev–Trinajstić information content (AvgIpc) is 2.96. The second kappa shape index (κ2) is 5.84. The Morgan fingerprint density at radius 3 is 2.94 bits per heavy atom. The molecule has 0 bridgehead atoms. The fourth-order valence-electron chi connectivity index (χ4n) is 1.33. The second-order valence-electron chi connectivity index (χ2n) is 3.50. The number of primary amides is 1. The number of nitrogens with zero attached hydrogens (tertiary/aromatic N) is 1. The summed E-state index contributed by atoms with van der Waals surface area (Å²) in [6.45, 7) is 0. The summed E-state index contributed by atoms with van der Waals surface area (Å²) in [5, 5.41) is 3.68. The summed E-state index contributed by atoms with van der Waals surface area (Å²) >= 11 is 1.50. The first-order valence-electron chi connectivity index (χ1n) is 5.29. The Bertz CT molecular complexity index is 575. The lowest BCUT2D eigenvalue weighted by atomic mass is 10.2. The summed E-state index contributed by atoms with van der Waals surface area (Å²) in [5.41, 5.74) is 7.02. The van der Waals surface area contributed by atoms with Crippen molar-refractivity contribution in [2.45, 2.75) is 0 Å². The number of amides is 2. The second-order valence-corrected chi connectivity index (χ2v) is 4.62. The van der Waals surface area contributed by atoms with Crippen LogP contribution in [0.15, 0.2) is 41.5 Å². The minimum atomic E-state index is -0.678. The molecule has 0 aliphatic heterocycles. The third-order valence-electron chi connectivity index (χ3n) is 2.10. The molecule has 1 aromatic heterocycles. The Balaban J connectivity index is 1.97. The predicted octanol–water partition coefficient (Wildman–Crippen LogP) is 1.84. The molecule has 90 valence electrons. The van der Waals surface area contributed by atoms with Gasteiger partial charge in [-0.1, -0.05) is 36.1 Å². The van der Waals surface area contributed by atoms with Gasteiger partial charge in [-0.25, -0.2) is 10.2 Å². The van der Waals surface area contributed by atoms with E-state index in [1.807, 2.05) is 36.4 Å². The van der Waals surface area contributed by atoms with Crippen LogP contribution < -0.4 is 11.2 Å². The predicted molar refractivity (Wildman–Crippen MR) is 73.3 cm³/mol. The van der Waals surface area contributed by atoms with E-state index in [1.165, 1.54) is 17.6 Å². The number of nitrogens with two attached hydrogens (primary N) is 1. The van der Waals surface area contributed by atoms with Crippen LogP contribution in [0, 0.1) is 17.8 Å². The van der Waals surface area contributed by atoms with Gasteiger partial charge < -0.3 is 5.73 Å². The summed E-state index contributed by atoms with van der Waals surface area (Å²) in [6.07, 6.45) is 9.60. The van der Waals surface area contributed by atoms with Crippen LogP contribution in [0.3, 0.4) is 0 Å². The molecule has 1 aliphatic rings. The van der Waals surface area contributed by atoms with E-state index in [4.69, 9.17) is 5.73 Å². The average molecular weight is 257 g/mol. The Morgan fingerprint density at radius 2 is 2.22 bits per heavy atom. The van der Waals surface area contributed by atoms with Gasteiger partial charge in [-0.15, -0.1) is 11.3 Å². The zero-order valence-corrected chi connectivity index (χ0v) is 10.3. The number of carbonyl (C=O) groups is 1. The summed E-state index contributed by atoms with van der Waals surface area (Å²) < 4.78 is 0. The first kappa shape index (κ1) is 12.1. The number of hydrogen-bond donors (Lipinski definition) is 2. The van der Waals surface area contributed by atoms with Crippen LogP contribution in [0.5, 0.6) is 0 Å². The maximum absolute atomic E-state index is 10.4. The van der Waals surface area contributed by atoms with E-state index >= 15 is 0 Å². The number of carbonyl (C=O) groups excluding carboxylic acids is 1. The van der Waals surface area contributed by atoms with Gasteiger partial charge in [0.05, 0.1) is 17.0 Å². The highest BCUT2D eigenvalue weighted by Crippen LogP contribution is 2.14. The van der Waals surface area contributed by atoms with E-state index in [0.29, 0.717) is 0 Å². The van der Waals surface area contributed by atoms with Gasteiger partial charge in [0, 0.05) is 4.88 Å². The van der Waals surface area contributed by atoms with Crippen molar-refractivity contribution in [1.82, 2.24) is 5.43 Å². The minimum absolute atomic E-state index is 0.209. The number of hydrogen-bond acceptors (Lipinski definition) is 3. The van der Waals surface area contributed by atoms with Gasteiger partial charge in [0.25, 0.3) is 0 Å². The van der Waals surface area contributed by atoms with Gasteiger partial charge in [-0.3, -0.25) is 0 Å². The third-order valence-corrected chi connectivity index (χ3v) is 3.04. The molecular formula is C13H11N3OS. The van der Waals surface area contributed by atoms with Gasteiger partial charge in [-0.2, -0.15) is 5.10 Å². The third kappa shape index (κ3) is 3.61. The van der Waals surface area contributed by atoms with Crippen molar-refractivity contribution in [2.75, 3.05) is 0 Å². The van der Waals surface area contributed by atoms with Gasteiger partial charge in [-0.05, 0) is 12.1 Å². The molecule has 2 rings (SSSR count). The molecule has 0 atom stereocenters. The Morgan fingerprint density at radius 1 is 1.44 bits per heavy atom. The summed E-state index contributed by atoms with van der Waals surface area (Å²) in [4.78, 5) is 12.3. The van der Waals surface area contributed by atoms with Crippen molar-refractivity contribution in [3.63, 3.8) is 0 Å². The Hall–Kier alpha value is -2.32. The summed E-state index contributed by atoms with van der Waals surface area (Å²) in [5.74, 6) is 6.45. The molecule has 0 fully saturated rings. The van der Waals surface area contributed by atoms with Crippen molar-refractivity contribution >= 4 is 23.6 Å². The van der Waals surface area contributed by atoms with E-state index < -0.39 is 6.03 Å². The molecule has 0 unspecified atom stereocenters. The molecule has 3 N–H and O–H groups in total. The maximum atomic E-state index is 10.4. The van der Waals surface area contributed by atoms with Gasteiger partial charge in [0.15, 0.2) is 0 Å². The molecule has 0 radical (unpaired) electrons. The van der Waals surface area contributed by atoms with Crippen LogP contribution in [-0.2, 0) is 0 Å². The maximum Gasteiger partial charge on any atom is 0.332 e. The van der Waals surface area contributed by atoms with E-state index in [2.05, 4.69) is 22.4 Å². The van der Waals surface area contributed by atoms with Crippen molar-refractivity contribution in [1.29, 1.82) is 0 Å². The smallest absolute Gasteiger partial charge is 0.332 e. The molecule has 4 nitrogen and oxygen atoms in total. The lowest BCUT2D eigenvalue weighted by Gasteiger charge is -1.89. The Labute approximate surface area is 109 Å². The number of hydrazone groups is 1. The highest BCUT2D eigenvalue weighted by Gasteiger charge is 1.98. The van der Waals surface area contributed by atoms with Crippen molar-refractivity contribution < 1.29 is 4.79 Å². The number of nitrogens with one attached hydrogen (secondary N) is 1. The van der Waals surface area contributed by atoms with E-state index in [1.54, 1.807) is 0 Å². The fraction of sp³-hybridized carbons (Fsp3) is 0.0769. The van der Waals surface area contributed by atoms with E-state index in [-0.39, 0.29) is 5.92 Å². The minimum Gasteiger partial charge on any atom is -0.350 e. The highest BCUT2D eigenvalue weighted by molar-refractivity contribution is 7.14. The first-order valence-corrected chi connectivity index (χ1v) is 6.10. The van der Waals surface area contributed by atoms with Gasteiger partial charge in [0.2, 0.25) is 0 Å². The quantitative estimate of drug-likeness (QED) is 0.474.